The topological polar surface area (TPSA) is 123 Å². The lowest BCUT2D eigenvalue weighted by atomic mass is 9.76. The van der Waals surface area contributed by atoms with Crippen LogP contribution in [0.2, 0.25) is 0 Å². The lowest BCUT2D eigenvalue weighted by Crippen LogP contribution is -2.37. The van der Waals surface area contributed by atoms with Crippen LogP contribution in [0.15, 0.2) is 60.4 Å². The Morgan fingerprint density at radius 3 is 2.76 bits per heavy atom. The van der Waals surface area contributed by atoms with Gasteiger partial charge in [-0.05, 0) is 98.2 Å². The van der Waals surface area contributed by atoms with E-state index >= 15 is 0 Å². The minimum Gasteiger partial charge on any atom is -0.668 e. The second-order valence-corrected chi connectivity index (χ2v) is 13.1. The first-order valence-corrected chi connectivity index (χ1v) is 16.7. The fourth-order valence-corrected chi connectivity index (χ4v) is 7.68. The van der Waals surface area contributed by atoms with Gasteiger partial charge in [-0.3, -0.25) is 0 Å². The zero-order valence-electron chi connectivity index (χ0n) is 26.2. The number of fused-ring (bicyclic) bond motifs is 4. The molecule has 0 aliphatic heterocycles. The lowest BCUT2D eigenvalue weighted by molar-refractivity contribution is -0.00724. The number of allylic oxidation sites excluding steroid dienone is 2. The molecule has 7 nitrogen and oxygen atoms in total. The van der Waals surface area contributed by atoms with Crippen LogP contribution in [0.25, 0.3) is 0 Å². The van der Waals surface area contributed by atoms with E-state index in [0.717, 1.165) is 67.3 Å². The number of hydrogen-bond donors (Lipinski definition) is 4. The summed E-state index contributed by atoms with van der Waals surface area (Å²) in [5.41, 5.74) is 11.6. The number of benzene rings is 1. The number of aromatic hydroxyl groups is 1. The van der Waals surface area contributed by atoms with Gasteiger partial charge in [0.25, 0.3) is 0 Å². The Morgan fingerprint density at radius 2 is 1.96 bits per heavy atom. The molecule has 0 fully saturated rings. The fourth-order valence-electron chi connectivity index (χ4n) is 7.68. The van der Waals surface area contributed by atoms with Gasteiger partial charge in [-0.15, -0.1) is 0 Å². The van der Waals surface area contributed by atoms with Gasteiger partial charge in [0, 0.05) is 29.9 Å². The predicted octanol–water partition coefficient (Wildman–Crippen LogP) is 6.04. The number of phenolic OH excluding ortho intramolecular Hbond substituents is 1. The van der Waals surface area contributed by atoms with Crippen LogP contribution in [0.4, 0.5) is 5.82 Å². The van der Waals surface area contributed by atoms with Gasteiger partial charge in [0.05, 0.1) is 18.8 Å². The number of pyridine rings is 1. The highest BCUT2D eigenvalue weighted by molar-refractivity contribution is 5.52. The van der Waals surface area contributed by atoms with E-state index < -0.39 is 12.2 Å². The first kappa shape index (κ1) is 31.3. The highest BCUT2D eigenvalue weighted by atomic mass is 16.5. The van der Waals surface area contributed by atoms with Crippen LogP contribution in [0.5, 0.6) is 11.5 Å². The summed E-state index contributed by atoms with van der Waals surface area (Å²) in [6.07, 6.45) is 13.0. The normalized spacial score (nSPS) is 27.0. The number of rotatable bonds is 8. The molecule has 7 atom stereocenters. The minimum atomic E-state index is -0.681. The Morgan fingerprint density at radius 1 is 1.09 bits per heavy atom. The van der Waals surface area contributed by atoms with Crippen LogP contribution < -0.4 is 15.5 Å². The first-order chi connectivity index (χ1) is 21.9. The summed E-state index contributed by atoms with van der Waals surface area (Å²) in [7, 11) is 0. The number of aliphatic hydroxyl groups is 2. The van der Waals surface area contributed by atoms with E-state index in [1.54, 1.807) is 12.4 Å². The van der Waals surface area contributed by atoms with Gasteiger partial charge in [-0.2, -0.15) is 11.9 Å². The molecule has 5 N–H and O–H groups in total. The van der Waals surface area contributed by atoms with Crippen LogP contribution in [0, 0.1) is 29.6 Å². The maximum atomic E-state index is 11.6. The Hall–Kier alpha value is -3.73. The second kappa shape index (κ2) is 14.1. The van der Waals surface area contributed by atoms with E-state index in [1.165, 1.54) is 5.57 Å². The molecule has 3 aliphatic carbocycles. The maximum Gasteiger partial charge on any atom is 0.161 e. The highest BCUT2D eigenvalue weighted by Crippen LogP contribution is 2.47. The van der Waals surface area contributed by atoms with Crippen molar-refractivity contribution in [1.29, 1.82) is 0 Å². The molecule has 2 heterocycles. The molecule has 7 heteroatoms. The third-order valence-electron chi connectivity index (χ3n) is 10.2. The molecule has 238 valence electrons. The number of nitrogen functional groups attached to an aromatic ring is 1. The average molecular weight is 609 g/mol. The van der Waals surface area contributed by atoms with Gasteiger partial charge >= 0.3 is 0 Å². The summed E-state index contributed by atoms with van der Waals surface area (Å²) in [5.74, 6) is 8.11. The average Bonchev–Trinajstić information content (AvgIpc) is 3.49. The molecule has 0 amide bonds. The van der Waals surface area contributed by atoms with Crippen molar-refractivity contribution in [2.75, 3.05) is 12.3 Å². The monoisotopic (exact) mass is 608 g/mol. The second-order valence-electron chi connectivity index (χ2n) is 13.1. The number of nitrogens with zero attached hydrogens (tertiary/aromatic N) is 2. The molecule has 3 aromatic rings. The Balaban J connectivity index is 1.23. The number of ether oxygens (including phenoxy) is 1. The summed E-state index contributed by atoms with van der Waals surface area (Å²) < 4.78 is 6.28. The van der Waals surface area contributed by atoms with Crippen LogP contribution in [0.1, 0.15) is 92.5 Å². The summed E-state index contributed by atoms with van der Waals surface area (Å²) in [6.45, 7) is 2.59. The largest absolute Gasteiger partial charge is 0.668 e. The molecule has 1 aromatic carbocycles. The summed E-state index contributed by atoms with van der Waals surface area (Å²) in [5, 5.41) is 33.9. The predicted molar refractivity (Wildman–Crippen MR) is 176 cm³/mol. The highest BCUT2D eigenvalue weighted by Gasteiger charge is 2.40. The van der Waals surface area contributed by atoms with Crippen molar-refractivity contribution in [3.8, 4) is 23.3 Å². The van der Waals surface area contributed by atoms with Crippen LogP contribution >= 0.6 is 0 Å². The third-order valence-corrected chi connectivity index (χ3v) is 10.2. The molecule has 0 spiro atoms. The number of aromatic nitrogens is 2. The molecular formula is C38H46N3O4-. The van der Waals surface area contributed by atoms with Gasteiger partial charge in [-0.1, -0.05) is 55.4 Å². The number of anilines is 1. The van der Waals surface area contributed by atoms with Crippen molar-refractivity contribution in [3.63, 3.8) is 0 Å². The summed E-state index contributed by atoms with van der Waals surface area (Å²) >= 11 is 0. The molecule has 3 aliphatic rings. The fraction of sp³-hybridized carbons (Fsp3) is 0.500. The zero-order chi connectivity index (χ0) is 31.3. The molecule has 0 radical (unpaired) electrons. The Labute approximate surface area is 266 Å². The van der Waals surface area contributed by atoms with Crippen LogP contribution in [0.3, 0.4) is 0 Å². The van der Waals surface area contributed by atoms with Gasteiger partial charge in [0.2, 0.25) is 0 Å². The standard InChI is InChI=1S/C38H46N3O4/c1-2-24-6-3-4-8-33(42)38-29(10-9-24)18-27-11-12-28-20-34(43)36(23-32(28)31(27)22-35(38)44)45-17-14-26(19-30-7-5-15-40-30)25-13-16-41-37(39)21-25/h5,7,13,15-16,18,20-21,23-24,26,29,31,33,35,38,42-44H,2-4,6,8,11-12,14,17,19,22H2,1H3,(H2,39,41)/q-1. The zero-order valence-corrected chi connectivity index (χ0v) is 26.2. The lowest BCUT2D eigenvalue weighted by Gasteiger charge is -2.32. The number of hydrogen-bond acceptors (Lipinski definition) is 6. The molecular weight excluding hydrogens is 562 g/mol. The number of nitrogens with two attached hydrogens (primary N) is 1. The summed E-state index contributed by atoms with van der Waals surface area (Å²) in [4.78, 5) is 8.62. The molecule has 0 saturated heterocycles. The van der Waals surface area contributed by atoms with E-state index in [0.29, 0.717) is 43.4 Å². The Bertz CT molecular complexity index is 1540. The van der Waals surface area contributed by atoms with Crippen molar-refractivity contribution in [2.45, 2.75) is 95.2 Å². The number of aryl methyl sites for hydroxylation is 1. The molecule has 0 bridgehead atoms. The summed E-state index contributed by atoms with van der Waals surface area (Å²) in [6, 6.07) is 11.7. The quantitative estimate of drug-likeness (QED) is 0.182. The van der Waals surface area contributed by atoms with Crippen LogP contribution in [-0.2, 0) is 12.8 Å². The SMILES string of the molecule is CCC1C#CC2C=C3CCc4cc(O)c(OCCC(Cc5ccc[n-]5)c5ccnc(N)c5)cc4C3CC(O)C2C(O)CCCC1. The van der Waals surface area contributed by atoms with Crippen molar-refractivity contribution >= 4 is 5.82 Å². The van der Waals surface area contributed by atoms with Gasteiger partial charge < -0.3 is 30.8 Å². The van der Waals surface area contributed by atoms with Gasteiger partial charge in [0.15, 0.2) is 11.5 Å². The van der Waals surface area contributed by atoms with E-state index in [1.807, 2.05) is 36.4 Å². The van der Waals surface area contributed by atoms with Crippen molar-refractivity contribution < 1.29 is 20.1 Å². The third kappa shape index (κ3) is 7.24. The van der Waals surface area contributed by atoms with E-state index in [-0.39, 0.29) is 29.4 Å². The van der Waals surface area contributed by atoms with Crippen molar-refractivity contribution in [3.05, 3.63) is 82.8 Å². The molecule has 6 rings (SSSR count). The van der Waals surface area contributed by atoms with Crippen LogP contribution in [-0.4, -0.2) is 39.1 Å². The number of phenols is 1. The van der Waals surface area contributed by atoms with Gasteiger partial charge in [-0.25, -0.2) is 4.98 Å². The molecule has 45 heavy (non-hydrogen) atoms. The van der Waals surface area contributed by atoms with E-state index in [4.69, 9.17) is 10.5 Å². The minimum absolute atomic E-state index is 0.00346. The molecule has 2 aromatic heterocycles. The maximum absolute atomic E-state index is 11.6. The van der Waals surface area contributed by atoms with Gasteiger partial charge in [0.1, 0.15) is 5.82 Å². The number of aliphatic hydroxyl groups excluding tert-OH is 2. The van der Waals surface area contributed by atoms with Crippen molar-refractivity contribution in [1.82, 2.24) is 9.97 Å². The Kier molecular flexibility index (Phi) is 9.82. The smallest absolute Gasteiger partial charge is 0.161 e. The molecule has 7 unspecified atom stereocenters. The molecule has 0 saturated carbocycles. The first-order valence-electron chi connectivity index (χ1n) is 16.7. The van der Waals surface area contributed by atoms with Crippen molar-refractivity contribution in [2.24, 2.45) is 17.8 Å². The van der Waals surface area contributed by atoms with E-state index in [2.05, 4.69) is 34.8 Å². The van der Waals surface area contributed by atoms with E-state index in [9.17, 15) is 15.3 Å².